The summed E-state index contributed by atoms with van der Waals surface area (Å²) in [7, 11) is 3.99. The summed E-state index contributed by atoms with van der Waals surface area (Å²) in [6.45, 7) is 4.72. The molecule has 0 saturated carbocycles. The van der Waals surface area contributed by atoms with E-state index in [4.69, 9.17) is 4.52 Å². The molecular weight excluding hydrogens is 376 g/mol. The van der Waals surface area contributed by atoms with Crippen molar-refractivity contribution >= 4 is 5.91 Å². The number of nitrogens with zero attached hydrogens (tertiary/aromatic N) is 4. The largest absolute Gasteiger partial charge is 0.359 e. The SMILES string of the molecule is CN(C[C@@H]1CCCN1C)C(=O)c1cc(CN2CCC(Cc3ccccc3)CC2)on1. The highest BCUT2D eigenvalue weighted by atomic mass is 16.5. The lowest BCUT2D eigenvalue weighted by atomic mass is 9.90. The molecule has 1 aromatic carbocycles. The van der Waals surface area contributed by atoms with Gasteiger partial charge >= 0.3 is 0 Å². The van der Waals surface area contributed by atoms with Gasteiger partial charge in [-0.3, -0.25) is 9.69 Å². The van der Waals surface area contributed by atoms with Crippen LogP contribution in [0.5, 0.6) is 0 Å². The fourth-order valence-electron chi connectivity index (χ4n) is 4.81. The molecule has 0 N–H and O–H groups in total. The van der Waals surface area contributed by atoms with Crippen molar-refractivity contribution in [3.8, 4) is 0 Å². The Hall–Kier alpha value is -2.18. The van der Waals surface area contributed by atoms with Crippen molar-refractivity contribution in [2.24, 2.45) is 5.92 Å². The summed E-state index contributed by atoms with van der Waals surface area (Å²) < 4.78 is 5.50. The fraction of sp³-hybridized carbons (Fsp3) is 0.583. The van der Waals surface area contributed by atoms with Crippen LogP contribution in [-0.4, -0.2) is 72.1 Å². The minimum atomic E-state index is -0.0492. The summed E-state index contributed by atoms with van der Waals surface area (Å²) >= 11 is 0. The van der Waals surface area contributed by atoms with Crippen LogP contribution in [0.1, 0.15) is 47.5 Å². The van der Waals surface area contributed by atoms with E-state index in [0.29, 0.717) is 11.7 Å². The Morgan fingerprint density at radius 2 is 1.93 bits per heavy atom. The predicted molar refractivity (Wildman–Crippen MR) is 117 cm³/mol. The highest BCUT2D eigenvalue weighted by Crippen LogP contribution is 2.23. The van der Waals surface area contributed by atoms with Gasteiger partial charge in [0.2, 0.25) is 0 Å². The molecule has 4 rings (SSSR count). The Balaban J connectivity index is 1.24. The van der Waals surface area contributed by atoms with Crippen molar-refractivity contribution in [1.29, 1.82) is 0 Å². The second kappa shape index (κ2) is 9.75. The van der Waals surface area contributed by atoms with Gasteiger partial charge in [-0.05, 0) is 70.3 Å². The number of piperidine rings is 1. The van der Waals surface area contributed by atoms with Gasteiger partial charge in [-0.15, -0.1) is 0 Å². The summed E-state index contributed by atoms with van der Waals surface area (Å²) in [6.07, 6.45) is 5.93. The number of benzene rings is 1. The van der Waals surface area contributed by atoms with Crippen molar-refractivity contribution in [2.75, 3.05) is 40.3 Å². The number of hydrogen-bond acceptors (Lipinski definition) is 5. The summed E-state index contributed by atoms with van der Waals surface area (Å²) in [6, 6.07) is 13.0. The Morgan fingerprint density at radius 3 is 2.63 bits per heavy atom. The van der Waals surface area contributed by atoms with E-state index in [1.807, 2.05) is 13.1 Å². The van der Waals surface area contributed by atoms with Gasteiger partial charge in [0, 0.05) is 25.7 Å². The number of aromatic nitrogens is 1. The van der Waals surface area contributed by atoms with E-state index < -0.39 is 0 Å². The number of likely N-dealkylation sites (tertiary alicyclic amines) is 2. The Labute approximate surface area is 179 Å². The van der Waals surface area contributed by atoms with Crippen molar-refractivity contribution in [1.82, 2.24) is 19.9 Å². The molecule has 1 amide bonds. The van der Waals surface area contributed by atoms with Crippen LogP contribution in [0, 0.1) is 5.92 Å². The number of likely N-dealkylation sites (N-methyl/N-ethyl adjacent to an activating group) is 2. The minimum Gasteiger partial charge on any atom is -0.359 e. The van der Waals surface area contributed by atoms with Gasteiger partial charge in [0.1, 0.15) is 0 Å². The summed E-state index contributed by atoms with van der Waals surface area (Å²) in [5.74, 6) is 1.48. The number of carbonyl (C=O) groups is 1. The quantitative estimate of drug-likeness (QED) is 0.701. The minimum absolute atomic E-state index is 0.0492. The molecule has 1 atom stereocenters. The van der Waals surface area contributed by atoms with Gasteiger partial charge in [-0.25, -0.2) is 0 Å². The van der Waals surface area contributed by atoms with E-state index in [9.17, 15) is 4.79 Å². The van der Waals surface area contributed by atoms with Crippen LogP contribution in [0.25, 0.3) is 0 Å². The third-order valence-corrected chi connectivity index (χ3v) is 6.73. The fourth-order valence-corrected chi connectivity index (χ4v) is 4.81. The highest BCUT2D eigenvalue weighted by Gasteiger charge is 2.26. The normalized spacial score (nSPS) is 21.2. The highest BCUT2D eigenvalue weighted by molar-refractivity contribution is 5.92. The zero-order valence-electron chi connectivity index (χ0n) is 18.3. The van der Waals surface area contributed by atoms with Crippen LogP contribution in [0.3, 0.4) is 0 Å². The molecule has 162 valence electrons. The number of carbonyl (C=O) groups excluding carboxylic acids is 1. The lowest BCUT2D eigenvalue weighted by molar-refractivity contribution is 0.0751. The average molecular weight is 411 g/mol. The molecule has 0 radical (unpaired) electrons. The van der Waals surface area contributed by atoms with Crippen LogP contribution in [0.4, 0.5) is 0 Å². The van der Waals surface area contributed by atoms with E-state index in [2.05, 4.69) is 52.3 Å². The predicted octanol–water partition coefficient (Wildman–Crippen LogP) is 3.30. The molecule has 0 bridgehead atoms. The van der Waals surface area contributed by atoms with Crippen molar-refractivity contribution in [3.63, 3.8) is 0 Å². The lowest BCUT2D eigenvalue weighted by Crippen LogP contribution is -2.39. The second-order valence-electron chi connectivity index (χ2n) is 9.05. The first-order valence-electron chi connectivity index (χ1n) is 11.3. The zero-order valence-corrected chi connectivity index (χ0v) is 18.3. The molecule has 2 fully saturated rings. The zero-order chi connectivity index (χ0) is 20.9. The van der Waals surface area contributed by atoms with Crippen molar-refractivity contribution in [3.05, 3.63) is 53.4 Å². The molecule has 2 aliphatic heterocycles. The molecule has 2 aromatic rings. The molecule has 0 unspecified atom stereocenters. The molecule has 3 heterocycles. The monoisotopic (exact) mass is 410 g/mol. The van der Waals surface area contributed by atoms with Gasteiger partial charge in [-0.2, -0.15) is 0 Å². The standard InChI is InChI=1S/C24H34N4O2/c1-26-12-6-9-21(26)17-27(2)24(29)23-16-22(30-25-23)18-28-13-10-20(11-14-28)15-19-7-4-3-5-8-19/h3-5,7-8,16,20-21H,6,9-15,17-18H2,1-2H3/t21-/m0/s1. The molecule has 0 aliphatic carbocycles. The average Bonchev–Trinajstić information content (AvgIpc) is 3.39. The summed E-state index contributed by atoms with van der Waals surface area (Å²) in [5.41, 5.74) is 1.86. The van der Waals surface area contributed by atoms with Crippen molar-refractivity contribution in [2.45, 2.75) is 44.7 Å². The smallest absolute Gasteiger partial charge is 0.275 e. The van der Waals surface area contributed by atoms with E-state index in [-0.39, 0.29) is 5.91 Å². The second-order valence-corrected chi connectivity index (χ2v) is 9.05. The van der Waals surface area contributed by atoms with Gasteiger partial charge in [0.15, 0.2) is 11.5 Å². The number of amides is 1. The summed E-state index contributed by atoms with van der Waals surface area (Å²) in [5, 5.41) is 4.06. The Morgan fingerprint density at radius 1 is 1.17 bits per heavy atom. The Bertz CT molecular complexity index is 814. The molecule has 2 aliphatic rings. The van der Waals surface area contributed by atoms with E-state index in [1.165, 1.54) is 24.8 Å². The first-order chi connectivity index (χ1) is 14.6. The van der Waals surface area contributed by atoms with Gasteiger partial charge < -0.3 is 14.3 Å². The van der Waals surface area contributed by atoms with Gasteiger partial charge in [-0.1, -0.05) is 35.5 Å². The Kier molecular flexibility index (Phi) is 6.85. The molecule has 0 spiro atoms. The third kappa shape index (κ3) is 5.29. The van der Waals surface area contributed by atoms with Crippen molar-refractivity contribution < 1.29 is 9.32 Å². The van der Waals surface area contributed by atoms with Gasteiger partial charge in [0.05, 0.1) is 6.54 Å². The molecule has 2 saturated heterocycles. The van der Waals surface area contributed by atoms with Gasteiger partial charge in [0.25, 0.3) is 5.91 Å². The molecule has 6 nitrogen and oxygen atoms in total. The number of hydrogen-bond donors (Lipinski definition) is 0. The van der Waals surface area contributed by atoms with E-state index >= 15 is 0 Å². The first-order valence-corrected chi connectivity index (χ1v) is 11.3. The molecule has 6 heteroatoms. The van der Waals surface area contributed by atoms with Crippen LogP contribution in [-0.2, 0) is 13.0 Å². The van der Waals surface area contributed by atoms with E-state index in [0.717, 1.165) is 57.2 Å². The first kappa shape index (κ1) is 21.1. The lowest BCUT2D eigenvalue weighted by Gasteiger charge is -2.31. The van der Waals surface area contributed by atoms with Crippen LogP contribution in [0.15, 0.2) is 40.9 Å². The maximum absolute atomic E-state index is 12.7. The maximum atomic E-state index is 12.7. The molecular formula is C24H34N4O2. The summed E-state index contributed by atoms with van der Waals surface area (Å²) in [4.78, 5) is 19.3. The number of rotatable bonds is 7. The molecule has 1 aromatic heterocycles. The van der Waals surface area contributed by atoms with Crippen LogP contribution < -0.4 is 0 Å². The van der Waals surface area contributed by atoms with E-state index in [1.54, 1.807) is 4.90 Å². The van der Waals surface area contributed by atoms with Crippen LogP contribution in [0.2, 0.25) is 0 Å². The maximum Gasteiger partial charge on any atom is 0.275 e. The third-order valence-electron chi connectivity index (χ3n) is 6.73. The molecule has 30 heavy (non-hydrogen) atoms. The topological polar surface area (TPSA) is 52.8 Å². The van der Waals surface area contributed by atoms with Crippen LogP contribution >= 0.6 is 0 Å².